The number of nitrogens with zero attached hydrogens (tertiary/aromatic N) is 2. The molecule has 0 amide bonds. The third-order valence-corrected chi connectivity index (χ3v) is 1.85. The van der Waals surface area contributed by atoms with Gasteiger partial charge < -0.3 is 10.4 Å². The van der Waals surface area contributed by atoms with Gasteiger partial charge in [0.05, 0.1) is 0 Å². The van der Waals surface area contributed by atoms with Crippen LogP contribution in [0.4, 0.5) is 5.69 Å². The van der Waals surface area contributed by atoms with Crippen molar-refractivity contribution >= 4 is 5.69 Å². The molecule has 0 saturated heterocycles. The molecule has 1 heterocycles. The predicted molar refractivity (Wildman–Crippen MR) is 50.9 cm³/mol. The van der Waals surface area contributed by atoms with E-state index in [-0.39, 0.29) is 0 Å². The van der Waals surface area contributed by atoms with Crippen molar-refractivity contribution in [1.29, 1.82) is 0 Å². The molecule has 2 N–H and O–H groups in total. The summed E-state index contributed by atoms with van der Waals surface area (Å²) in [5, 5.41) is 15.5. The van der Waals surface area contributed by atoms with Gasteiger partial charge in [-0.3, -0.25) is 4.52 Å². The highest BCUT2D eigenvalue weighted by Gasteiger charge is 2.09. The van der Waals surface area contributed by atoms with Crippen molar-refractivity contribution in [2.24, 2.45) is 0 Å². The van der Waals surface area contributed by atoms with Gasteiger partial charge in [-0.2, -0.15) is 4.98 Å². The minimum Gasteiger partial charge on any atom is -0.464 e. The largest absolute Gasteiger partial charge is 0.464 e. The topological polar surface area (TPSA) is 71.2 Å². The Morgan fingerprint density at radius 2 is 2.14 bits per heavy atom. The maximum Gasteiger partial charge on any atom is 0.415 e. The Labute approximate surface area is 80.4 Å². The van der Waals surface area contributed by atoms with Crippen molar-refractivity contribution in [3.63, 3.8) is 0 Å². The van der Waals surface area contributed by atoms with Gasteiger partial charge in [0.15, 0.2) is 0 Å². The SMILES string of the molecule is CNc1ccccc1-c1noc(O)n1. The first-order chi connectivity index (χ1) is 6.81. The Kier molecular flexibility index (Phi) is 2.06. The molecule has 0 aliphatic carbocycles. The van der Waals surface area contributed by atoms with E-state index in [4.69, 9.17) is 5.11 Å². The molecule has 0 aliphatic rings. The fourth-order valence-corrected chi connectivity index (χ4v) is 1.22. The Morgan fingerprint density at radius 3 is 2.79 bits per heavy atom. The van der Waals surface area contributed by atoms with Crippen LogP contribution < -0.4 is 5.32 Å². The molecule has 0 bridgehead atoms. The monoisotopic (exact) mass is 191 g/mol. The summed E-state index contributed by atoms with van der Waals surface area (Å²) in [6, 6.07) is 7.50. The van der Waals surface area contributed by atoms with Gasteiger partial charge >= 0.3 is 6.08 Å². The number of nitrogens with one attached hydrogen (secondary N) is 1. The molecular weight excluding hydrogens is 182 g/mol. The van der Waals surface area contributed by atoms with Gasteiger partial charge in [0.2, 0.25) is 5.82 Å². The number of anilines is 1. The zero-order valence-electron chi connectivity index (χ0n) is 7.56. The molecule has 5 heteroatoms. The first kappa shape index (κ1) is 8.55. The highest BCUT2D eigenvalue weighted by molar-refractivity contribution is 5.72. The number of hydrogen-bond donors (Lipinski definition) is 2. The number of hydrogen-bond acceptors (Lipinski definition) is 5. The van der Waals surface area contributed by atoms with Crippen LogP contribution in [-0.4, -0.2) is 22.3 Å². The Hall–Kier alpha value is -2.04. The molecule has 14 heavy (non-hydrogen) atoms. The maximum absolute atomic E-state index is 8.92. The van der Waals surface area contributed by atoms with Gasteiger partial charge in [-0.15, -0.1) is 0 Å². The zero-order valence-corrected chi connectivity index (χ0v) is 7.56. The van der Waals surface area contributed by atoms with Crippen molar-refractivity contribution in [3.05, 3.63) is 24.3 Å². The van der Waals surface area contributed by atoms with Crippen LogP contribution in [0.15, 0.2) is 28.8 Å². The van der Waals surface area contributed by atoms with E-state index in [1.807, 2.05) is 24.3 Å². The fraction of sp³-hybridized carbons (Fsp3) is 0.111. The van der Waals surface area contributed by atoms with Gasteiger partial charge in [0, 0.05) is 18.3 Å². The average Bonchev–Trinajstić information content (AvgIpc) is 2.65. The van der Waals surface area contributed by atoms with Crippen LogP contribution in [0.5, 0.6) is 6.08 Å². The lowest BCUT2D eigenvalue weighted by molar-refractivity contribution is 0.267. The highest BCUT2D eigenvalue weighted by atomic mass is 16.6. The molecule has 72 valence electrons. The van der Waals surface area contributed by atoms with Crippen LogP contribution in [-0.2, 0) is 0 Å². The summed E-state index contributed by atoms with van der Waals surface area (Å²) in [5.74, 6) is 0.368. The first-order valence-electron chi connectivity index (χ1n) is 4.11. The molecular formula is C9H9N3O2. The molecule has 0 fully saturated rings. The Morgan fingerprint density at radius 1 is 1.36 bits per heavy atom. The van der Waals surface area contributed by atoms with E-state index in [0.29, 0.717) is 5.82 Å². The average molecular weight is 191 g/mol. The molecule has 0 atom stereocenters. The Balaban J connectivity index is 2.50. The molecule has 1 aromatic heterocycles. The number of rotatable bonds is 2. The summed E-state index contributed by atoms with van der Waals surface area (Å²) in [5.41, 5.74) is 1.67. The van der Waals surface area contributed by atoms with E-state index >= 15 is 0 Å². The Bertz CT molecular complexity index is 439. The van der Waals surface area contributed by atoms with Gasteiger partial charge in [0.1, 0.15) is 0 Å². The van der Waals surface area contributed by atoms with E-state index in [1.165, 1.54) is 0 Å². The molecule has 2 aromatic rings. The minimum absolute atomic E-state index is 0.368. The summed E-state index contributed by atoms with van der Waals surface area (Å²) in [6.45, 7) is 0. The van der Waals surface area contributed by atoms with E-state index in [1.54, 1.807) is 7.05 Å². The van der Waals surface area contributed by atoms with E-state index in [2.05, 4.69) is 20.0 Å². The second-order valence-corrected chi connectivity index (χ2v) is 2.70. The summed E-state index contributed by atoms with van der Waals surface area (Å²) in [4.78, 5) is 3.73. The van der Waals surface area contributed by atoms with Gasteiger partial charge in [-0.25, -0.2) is 0 Å². The number of para-hydroxylation sites is 1. The second-order valence-electron chi connectivity index (χ2n) is 2.70. The molecule has 0 unspecified atom stereocenters. The smallest absolute Gasteiger partial charge is 0.415 e. The van der Waals surface area contributed by atoms with Crippen LogP contribution in [0.1, 0.15) is 0 Å². The third-order valence-electron chi connectivity index (χ3n) is 1.85. The summed E-state index contributed by atoms with van der Waals surface area (Å²) < 4.78 is 4.49. The van der Waals surface area contributed by atoms with E-state index < -0.39 is 6.08 Å². The fourth-order valence-electron chi connectivity index (χ4n) is 1.22. The third kappa shape index (κ3) is 1.39. The molecule has 1 aromatic carbocycles. The van der Waals surface area contributed by atoms with Crippen LogP contribution >= 0.6 is 0 Å². The summed E-state index contributed by atoms with van der Waals surface area (Å²) in [6.07, 6.45) is -0.425. The highest BCUT2D eigenvalue weighted by Crippen LogP contribution is 2.25. The standard InChI is InChI=1S/C9H9N3O2/c1-10-7-5-3-2-4-6(7)8-11-9(13)14-12-8/h2-5,10H,1H3,(H,11,12,13). The lowest BCUT2D eigenvalue weighted by Gasteiger charge is -2.03. The maximum atomic E-state index is 8.92. The van der Waals surface area contributed by atoms with Crippen molar-refractivity contribution in [3.8, 4) is 17.5 Å². The van der Waals surface area contributed by atoms with Gasteiger partial charge in [0.25, 0.3) is 0 Å². The van der Waals surface area contributed by atoms with Gasteiger partial charge in [-0.05, 0) is 12.1 Å². The molecule has 0 radical (unpaired) electrons. The molecule has 0 saturated carbocycles. The van der Waals surface area contributed by atoms with Crippen molar-refractivity contribution in [2.45, 2.75) is 0 Å². The van der Waals surface area contributed by atoms with Crippen LogP contribution in [0.3, 0.4) is 0 Å². The number of aromatic hydroxyl groups is 1. The molecule has 0 spiro atoms. The minimum atomic E-state index is -0.425. The predicted octanol–water partition coefficient (Wildman–Crippen LogP) is 1.48. The molecule has 0 aliphatic heterocycles. The summed E-state index contributed by atoms with van der Waals surface area (Å²) >= 11 is 0. The van der Waals surface area contributed by atoms with Crippen molar-refractivity contribution in [2.75, 3.05) is 12.4 Å². The summed E-state index contributed by atoms with van der Waals surface area (Å²) in [7, 11) is 1.80. The molecule has 5 nitrogen and oxygen atoms in total. The van der Waals surface area contributed by atoms with Gasteiger partial charge in [-0.1, -0.05) is 17.3 Å². The zero-order chi connectivity index (χ0) is 9.97. The lowest BCUT2D eigenvalue weighted by Crippen LogP contribution is -1.92. The lowest BCUT2D eigenvalue weighted by atomic mass is 10.1. The first-order valence-corrected chi connectivity index (χ1v) is 4.11. The van der Waals surface area contributed by atoms with Crippen molar-refractivity contribution < 1.29 is 9.63 Å². The van der Waals surface area contributed by atoms with Crippen LogP contribution in [0, 0.1) is 0 Å². The quantitative estimate of drug-likeness (QED) is 0.752. The van der Waals surface area contributed by atoms with E-state index in [0.717, 1.165) is 11.3 Å². The van der Waals surface area contributed by atoms with Crippen LogP contribution in [0.25, 0.3) is 11.4 Å². The van der Waals surface area contributed by atoms with E-state index in [9.17, 15) is 0 Å². The van der Waals surface area contributed by atoms with Crippen molar-refractivity contribution in [1.82, 2.24) is 10.1 Å². The molecule has 2 rings (SSSR count). The normalized spacial score (nSPS) is 10.1. The second kappa shape index (κ2) is 3.37. The van der Waals surface area contributed by atoms with Crippen LogP contribution in [0.2, 0.25) is 0 Å². The number of aromatic nitrogens is 2. The number of benzene rings is 1.